The van der Waals surface area contributed by atoms with Crippen LogP contribution < -0.4 is 16.0 Å². The predicted molar refractivity (Wildman–Crippen MR) is 73.3 cm³/mol. The molecule has 0 rings (SSSR count). The molecular formula is C13H27N3O2. The van der Waals surface area contributed by atoms with Crippen molar-refractivity contribution >= 4 is 11.8 Å². The molecule has 0 aromatic heterocycles. The van der Waals surface area contributed by atoms with Gasteiger partial charge in [0.25, 0.3) is 0 Å². The molecule has 5 heteroatoms. The van der Waals surface area contributed by atoms with E-state index in [9.17, 15) is 9.59 Å². The Morgan fingerprint density at radius 3 is 2.39 bits per heavy atom. The number of hydrogen-bond donors (Lipinski definition) is 3. The highest BCUT2D eigenvalue weighted by Crippen LogP contribution is 1.92. The lowest BCUT2D eigenvalue weighted by molar-refractivity contribution is -0.124. The van der Waals surface area contributed by atoms with Crippen molar-refractivity contribution in [3.63, 3.8) is 0 Å². The summed E-state index contributed by atoms with van der Waals surface area (Å²) < 4.78 is 0. The van der Waals surface area contributed by atoms with Gasteiger partial charge in [-0.25, -0.2) is 0 Å². The van der Waals surface area contributed by atoms with Crippen molar-refractivity contribution in [2.24, 2.45) is 0 Å². The minimum absolute atomic E-state index is 0.00185. The summed E-state index contributed by atoms with van der Waals surface area (Å²) >= 11 is 0. The van der Waals surface area contributed by atoms with Crippen LogP contribution in [0.15, 0.2) is 0 Å². The number of rotatable bonds is 10. The molecule has 0 bridgehead atoms. The summed E-state index contributed by atoms with van der Waals surface area (Å²) in [6.07, 6.45) is 3.71. The minimum Gasteiger partial charge on any atom is -0.356 e. The molecule has 0 aliphatic carbocycles. The van der Waals surface area contributed by atoms with Gasteiger partial charge in [-0.15, -0.1) is 0 Å². The highest BCUT2D eigenvalue weighted by molar-refractivity contribution is 5.81. The second kappa shape index (κ2) is 11.0. The van der Waals surface area contributed by atoms with Crippen LogP contribution >= 0.6 is 0 Å². The molecule has 1 unspecified atom stereocenters. The Hall–Kier alpha value is -1.10. The Morgan fingerprint density at radius 1 is 1.06 bits per heavy atom. The van der Waals surface area contributed by atoms with Crippen LogP contribution in [0.5, 0.6) is 0 Å². The number of unbranched alkanes of at least 4 members (excludes halogenated alkanes) is 2. The van der Waals surface area contributed by atoms with E-state index in [0.717, 1.165) is 25.8 Å². The number of hydrogen-bond acceptors (Lipinski definition) is 3. The van der Waals surface area contributed by atoms with Crippen LogP contribution in [0.3, 0.4) is 0 Å². The zero-order valence-electron chi connectivity index (χ0n) is 11.8. The number of carbonyl (C=O) groups excluding carboxylic acids is 2. The topological polar surface area (TPSA) is 70.2 Å². The third-order valence-corrected chi connectivity index (χ3v) is 2.65. The molecule has 1 atom stereocenters. The number of nitrogens with one attached hydrogen (secondary N) is 3. The Bertz CT molecular complexity index is 244. The summed E-state index contributed by atoms with van der Waals surface area (Å²) in [5.74, 6) is 0.0163. The van der Waals surface area contributed by atoms with E-state index >= 15 is 0 Å². The van der Waals surface area contributed by atoms with Gasteiger partial charge in [0.1, 0.15) is 0 Å². The largest absolute Gasteiger partial charge is 0.356 e. The summed E-state index contributed by atoms with van der Waals surface area (Å²) in [7, 11) is 0. The quantitative estimate of drug-likeness (QED) is 0.507. The number of carbonyl (C=O) groups is 2. The van der Waals surface area contributed by atoms with Crippen molar-refractivity contribution < 1.29 is 9.59 Å². The normalized spacial score (nSPS) is 11.9. The SMILES string of the molecule is CCCCCNC(=O)C(C)NCCC(=O)NCC. The van der Waals surface area contributed by atoms with E-state index in [1.165, 1.54) is 0 Å². The van der Waals surface area contributed by atoms with Crippen LogP contribution in [0.25, 0.3) is 0 Å². The molecule has 5 nitrogen and oxygen atoms in total. The van der Waals surface area contributed by atoms with E-state index in [2.05, 4.69) is 22.9 Å². The fraction of sp³-hybridized carbons (Fsp3) is 0.846. The molecule has 106 valence electrons. The second-order valence-corrected chi connectivity index (χ2v) is 4.38. The minimum atomic E-state index is -0.249. The molecule has 0 saturated carbocycles. The van der Waals surface area contributed by atoms with Crippen LogP contribution in [0.4, 0.5) is 0 Å². The smallest absolute Gasteiger partial charge is 0.236 e. The first-order valence-electron chi connectivity index (χ1n) is 6.89. The molecule has 0 saturated heterocycles. The van der Waals surface area contributed by atoms with Crippen molar-refractivity contribution in [2.45, 2.75) is 52.5 Å². The van der Waals surface area contributed by atoms with Crippen molar-refractivity contribution in [3.05, 3.63) is 0 Å². The van der Waals surface area contributed by atoms with Crippen LogP contribution in [0, 0.1) is 0 Å². The summed E-state index contributed by atoms with van der Waals surface area (Å²) in [4.78, 5) is 22.8. The molecule has 0 heterocycles. The van der Waals surface area contributed by atoms with Crippen LogP contribution in [-0.4, -0.2) is 37.5 Å². The van der Waals surface area contributed by atoms with Gasteiger partial charge in [-0.05, 0) is 20.3 Å². The summed E-state index contributed by atoms with van der Waals surface area (Å²) in [6, 6.07) is -0.249. The van der Waals surface area contributed by atoms with Crippen LogP contribution in [0.2, 0.25) is 0 Å². The Labute approximate surface area is 110 Å². The zero-order chi connectivity index (χ0) is 13.8. The fourth-order valence-corrected chi connectivity index (χ4v) is 1.52. The molecule has 3 N–H and O–H groups in total. The lowest BCUT2D eigenvalue weighted by Crippen LogP contribution is -2.43. The first-order chi connectivity index (χ1) is 8.61. The predicted octanol–water partition coefficient (Wildman–Crippen LogP) is 0.797. The number of amides is 2. The maximum Gasteiger partial charge on any atom is 0.236 e. The maximum absolute atomic E-state index is 11.6. The lowest BCUT2D eigenvalue weighted by Gasteiger charge is -2.13. The van der Waals surface area contributed by atoms with E-state index in [-0.39, 0.29) is 17.9 Å². The van der Waals surface area contributed by atoms with E-state index in [0.29, 0.717) is 19.5 Å². The van der Waals surface area contributed by atoms with E-state index in [4.69, 9.17) is 0 Å². The van der Waals surface area contributed by atoms with E-state index < -0.39 is 0 Å². The zero-order valence-corrected chi connectivity index (χ0v) is 11.8. The highest BCUT2D eigenvalue weighted by Gasteiger charge is 2.11. The average molecular weight is 257 g/mol. The molecular weight excluding hydrogens is 230 g/mol. The first kappa shape index (κ1) is 16.9. The van der Waals surface area contributed by atoms with Crippen molar-refractivity contribution in [1.82, 2.24) is 16.0 Å². The monoisotopic (exact) mass is 257 g/mol. The van der Waals surface area contributed by atoms with E-state index in [1.54, 1.807) is 0 Å². The van der Waals surface area contributed by atoms with Gasteiger partial charge in [0.05, 0.1) is 6.04 Å². The third-order valence-electron chi connectivity index (χ3n) is 2.65. The van der Waals surface area contributed by atoms with Gasteiger partial charge in [-0.3, -0.25) is 9.59 Å². The maximum atomic E-state index is 11.6. The Balaban J connectivity index is 3.58. The standard InChI is InChI=1S/C13H27N3O2/c1-4-6-7-9-16-13(18)11(3)15-10-8-12(17)14-5-2/h11,15H,4-10H2,1-3H3,(H,14,17)(H,16,18). The third kappa shape index (κ3) is 8.98. The Kier molecular flexibility index (Phi) is 10.3. The van der Waals surface area contributed by atoms with Gasteiger partial charge in [0.15, 0.2) is 0 Å². The van der Waals surface area contributed by atoms with Crippen molar-refractivity contribution in [3.8, 4) is 0 Å². The van der Waals surface area contributed by atoms with Gasteiger partial charge < -0.3 is 16.0 Å². The van der Waals surface area contributed by atoms with E-state index in [1.807, 2.05) is 13.8 Å². The molecule has 0 aromatic carbocycles. The van der Waals surface area contributed by atoms with Gasteiger partial charge in [0, 0.05) is 26.1 Å². The molecule has 0 radical (unpaired) electrons. The Morgan fingerprint density at radius 2 is 1.78 bits per heavy atom. The first-order valence-corrected chi connectivity index (χ1v) is 6.89. The second-order valence-electron chi connectivity index (χ2n) is 4.38. The van der Waals surface area contributed by atoms with Gasteiger partial charge in [0.2, 0.25) is 11.8 Å². The molecule has 2 amide bonds. The molecule has 0 aliphatic rings. The summed E-state index contributed by atoms with van der Waals surface area (Å²) in [5, 5.41) is 8.64. The molecule has 18 heavy (non-hydrogen) atoms. The summed E-state index contributed by atoms with van der Waals surface area (Å²) in [5.41, 5.74) is 0. The molecule has 0 aromatic rings. The molecule has 0 fully saturated rings. The van der Waals surface area contributed by atoms with Crippen LogP contribution in [0.1, 0.15) is 46.5 Å². The molecule has 0 aliphatic heterocycles. The highest BCUT2D eigenvalue weighted by atomic mass is 16.2. The van der Waals surface area contributed by atoms with Crippen molar-refractivity contribution in [1.29, 1.82) is 0 Å². The lowest BCUT2D eigenvalue weighted by atomic mass is 10.2. The molecule has 0 spiro atoms. The summed E-state index contributed by atoms with van der Waals surface area (Å²) in [6.45, 7) is 7.73. The fourth-order valence-electron chi connectivity index (χ4n) is 1.52. The average Bonchev–Trinajstić information content (AvgIpc) is 2.34. The van der Waals surface area contributed by atoms with Crippen molar-refractivity contribution in [2.75, 3.05) is 19.6 Å². The van der Waals surface area contributed by atoms with Crippen LogP contribution in [-0.2, 0) is 9.59 Å². The van der Waals surface area contributed by atoms with Gasteiger partial charge in [-0.2, -0.15) is 0 Å². The van der Waals surface area contributed by atoms with Gasteiger partial charge >= 0.3 is 0 Å². The van der Waals surface area contributed by atoms with Gasteiger partial charge in [-0.1, -0.05) is 19.8 Å².